The van der Waals surface area contributed by atoms with Gasteiger partial charge in [-0.1, -0.05) is 4.73 Å². The van der Waals surface area contributed by atoms with Gasteiger partial charge in [0, 0.05) is 5.56 Å². The van der Waals surface area contributed by atoms with E-state index in [1.54, 1.807) is 0 Å². The molecule has 0 saturated carbocycles. The quantitative estimate of drug-likeness (QED) is 0.464. The van der Waals surface area contributed by atoms with Gasteiger partial charge in [-0.3, -0.25) is 4.79 Å². The summed E-state index contributed by atoms with van der Waals surface area (Å²) in [6, 6.07) is 0. The molecule has 1 aromatic rings. The zero-order valence-electron chi connectivity index (χ0n) is 5.68. The largest absolute Gasteiger partial charge is 0.424 e. The molecule has 0 radical (unpaired) electrons. The second kappa shape index (κ2) is 2.15. The van der Waals surface area contributed by atoms with Crippen molar-refractivity contribution in [3.63, 3.8) is 0 Å². The van der Waals surface area contributed by atoms with Crippen LogP contribution < -0.4 is 11.2 Å². The molecule has 1 aromatic heterocycles. The van der Waals surface area contributed by atoms with Crippen LogP contribution in [0.25, 0.3) is 0 Å². The van der Waals surface area contributed by atoms with E-state index in [0.717, 1.165) is 6.20 Å². The highest BCUT2D eigenvalue weighted by Crippen LogP contribution is 1.79. The van der Waals surface area contributed by atoms with Crippen LogP contribution in [0.3, 0.4) is 0 Å². The first-order valence-electron chi connectivity index (χ1n) is 2.78. The smallest absolute Gasteiger partial charge is 0.397 e. The molecule has 0 amide bonds. The van der Waals surface area contributed by atoms with Gasteiger partial charge >= 0.3 is 5.69 Å². The summed E-state index contributed by atoms with van der Waals surface area (Å²) < 4.78 is -0.0218. The molecular weight excluding hydrogens is 152 g/mol. The molecule has 0 atom stereocenters. The maximum atomic E-state index is 10.7. The van der Waals surface area contributed by atoms with Crippen molar-refractivity contribution in [1.82, 2.24) is 9.46 Å². The minimum atomic E-state index is -1.18. The third-order valence-corrected chi connectivity index (χ3v) is 1.22. The van der Waals surface area contributed by atoms with E-state index >= 15 is 0 Å². The maximum absolute atomic E-state index is 10.7. The van der Waals surface area contributed by atoms with E-state index in [1.165, 1.54) is 6.92 Å². The van der Waals surface area contributed by atoms with Crippen molar-refractivity contribution < 1.29 is 10.4 Å². The van der Waals surface area contributed by atoms with Crippen molar-refractivity contribution in [2.75, 3.05) is 0 Å². The number of nitrogens with zero attached hydrogens (tertiary/aromatic N) is 2. The highest BCUT2D eigenvalue weighted by molar-refractivity contribution is 5.00. The summed E-state index contributed by atoms with van der Waals surface area (Å²) in [6.07, 6.45) is 0.928. The van der Waals surface area contributed by atoms with Crippen LogP contribution in [0.4, 0.5) is 0 Å². The second-order valence-electron chi connectivity index (χ2n) is 2.06. The summed E-state index contributed by atoms with van der Waals surface area (Å²) in [5, 5.41) is 17.4. The Morgan fingerprint density at radius 1 is 1.36 bits per heavy atom. The summed E-state index contributed by atoms with van der Waals surface area (Å²) in [5.41, 5.74) is -1.93. The van der Waals surface area contributed by atoms with Gasteiger partial charge in [-0.15, -0.1) is 4.73 Å². The maximum Gasteiger partial charge on any atom is 0.397 e. The van der Waals surface area contributed by atoms with Crippen LogP contribution in [0.1, 0.15) is 5.56 Å². The predicted octanol–water partition coefficient (Wildman–Crippen LogP) is -1.21. The highest BCUT2D eigenvalue weighted by Gasteiger charge is 2.04. The van der Waals surface area contributed by atoms with Gasteiger partial charge in [0.05, 0.1) is 6.20 Å². The lowest BCUT2D eigenvalue weighted by atomic mass is 10.4. The Bertz CT molecular complexity index is 354. The van der Waals surface area contributed by atoms with Crippen LogP contribution in [0.15, 0.2) is 15.8 Å². The number of hydrogen-bond donors (Lipinski definition) is 2. The van der Waals surface area contributed by atoms with Crippen molar-refractivity contribution in [2.24, 2.45) is 0 Å². The van der Waals surface area contributed by atoms with Crippen molar-refractivity contribution in [2.45, 2.75) is 6.92 Å². The van der Waals surface area contributed by atoms with Crippen LogP contribution in [0.2, 0.25) is 0 Å². The molecule has 1 rings (SSSR count). The number of aryl methyl sites for hydroxylation is 1. The lowest BCUT2D eigenvalue weighted by molar-refractivity contribution is 0.101. The minimum Gasteiger partial charge on any atom is -0.424 e. The van der Waals surface area contributed by atoms with Crippen LogP contribution in [0.5, 0.6) is 0 Å². The zero-order chi connectivity index (χ0) is 8.59. The molecule has 0 spiro atoms. The van der Waals surface area contributed by atoms with Crippen molar-refractivity contribution in [3.8, 4) is 0 Å². The fraction of sp³-hybridized carbons (Fsp3) is 0.200. The molecule has 0 saturated heterocycles. The molecule has 0 fully saturated rings. The average Bonchev–Trinajstić information content (AvgIpc) is 1.97. The summed E-state index contributed by atoms with van der Waals surface area (Å²) in [6.45, 7) is 1.36. The normalized spacial score (nSPS) is 9.91. The van der Waals surface area contributed by atoms with Gasteiger partial charge in [-0.2, -0.15) is 0 Å². The third kappa shape index (κ3) is 0.977. The SMILES string of the molecule is Cc1cn(O)c(=O)n(O)c1=O. The van der Waals surface area contributed by atoms with Gasteiger partial charge in [0.15, 0.2) is 0 Å². The lowest BCUT2D eigenvalue weighted by Crippen LogP contribution is -2.38. The molecule has 0 unspecified atom stereocenters. The molecule has 0 aromatic carbocycles. The molecule has 6 heteroatoms. The van der Waals surface area contributed by atoms with Crippen LogP contribution in [0, 0.1) is 6.92 Å². The topological polar surface area (TPSA) is 84.5 Å². The number of rotatable bonds is 0. The van der Waals surface area contributed by atoms with Gasteiger partial charge in [-0.05, 0) is 6.92 Å². The molecule has 0 aliphatic rings. The first kappa shape index (κ1) is 7.39. The first-order valence-corrected chi connectivity index (χ1v) is 2.78. The minimum absolute atomic E-state index is 0.0783. The highest BCUT2D eigenvalue weighted by atomic mass is 16.5. The van der Waals surface area contributed by atoms with Crippen molar-refractivity contribution >= 4 is 0 Å². The number of hydrogen-bond acceptors (Lipinski definition) is 4. The number of aromatic nitrogens is 2. The van der Waals surface area contributed by atoms with Gasteiger partial charge in [-0.25, -0.2) is 4.79 Å². The Kier molecular flexibility index (Phi) is 1.45. The fourth-order valence-corrected chi connectivity index (χ4v) is 0.645. The van der Waals surface area contributed by atoms with Gasteiger partial charge in [0.25, 0.3) is 5.56 Å². The van der Waals surface area contributed by atoms with Gasteiger partial charge in [0.2, 0.25) is 0 Å². The molecule has 0 aliphatic heterocycles. The van der Waals surface area contributed by atoms with E-state index in [0.29, 0.717) is 0 Å². The fourth-order valence-electron chi connectivity index (χ4n) is 0.645. The molecular formula is C5H6N2O4. The van der Waals surface area contributed by atoms with E-state index in [1.807, 2.05) is 0 Å². The summed E-state index contributed by atoms with van der Waals surface area (Å²) in [4.78, 5) is 21.3. The van der Waals surface area contributed by atoms with E-state index in [9.17, 15) is 9.59 Å². The monoisotopic (exact) mass is 158 g/mol. The van der Waals surface area contributed by atoms with E-state index in [4.69, 9.17) is 10.4 Å². The first-order chi connectivity index (χ1) is 5.04. The molecule has 60 valence electrons. The van der Waals surface area contributed by atoms with E-state index in [-0.39, 0.29) is 15.0 Å². The van der Waals surface area contributed by atoms with Crippen molar-refractivity contribution in [1.29, 1.82) is 0 Å². The molecule has 2 N–H and O–H groups in total. The summed E-state index contributed by atoms with van der Waals surface area (Å²) in [5.74, 6) is 0. The standard InChI is InChI=1S/C5H6N2O4/c1-3-2-6(10)5(9)7(11)4(3)8/h2,10-11H,1H3. The summed E-state index contributed by atoms with van der Waals surface area (Å²) >= 11 is 0. The van der Waals surface area contributed by atoms with Crippen LogP contribution in [-0.2, 0) is 0 Å². The van der Waals surface area contributed by atoms with Gasteiger partial charge < -0.3 is 10.4 Å². The Balaban J connectivity index is 3.74. The Hall–Kier alpha value is -1.72. The summed E-state index contributed by atoms with van der Waals surface area (Å²) in [7, 11) is 0. The average molecular weight is 158 g/mol. The molecule has 6 nitrogen and oxygen atoms in total. The lowest BCUT2D eigenvalue weighted by Gasteiger charge is -1.98. The van der Waals surface area contributed by atoms with Gasteiger partial charge in [0.1, 0.15) is 0 Å². The molecule has 1 heterocycles. The van der Waals surface area contributed by atoms with Crippen LogP contribution in [-0.4, -0.2) is 19.9 Å². The van der Waals surface area contributed by atoms with Crippen LogP contribution >= 0.6 is 0 Å². The Labute approximate surface area is 60.5 Å². The Morgan fingerprint density at radius 3 is 2.45 bits per heavy atom. The van der Waals surface area contributed by atoms with E-state index < -0.39 is 11.2 Å². The zero-order valence-corrected chi connectivity index (χ0v) is 5.68. The molecule has 11 heavy (non-hydrogen) atoms. The second-order valence-corrected chi connectivity index (χ2v) is 2.06. The molecule has 0 aliphatic carbocycles. The predicted molar refractivity (Wildman–Crippen MR) is 34.1 cm³/mol. The Morgan fingerprint density at radius 2 is 1.91 bits per heavy atom. The third-order valence-electron chi connectivity index (χ3n) is 1.22. The molecule has 0 bridgehead atoms. The van der Waals surface area contributed by atoms with E-state index in [2.05, 4.69) is 0 Å². The van der Waals surface area contributed by atoms with Crippen molar-refractivity contribution in [3.05, 3.63) is 32.6 Å².